The molecule has 1 amide bonds. The van der Waals surface area contributed by atoms with E-state index in [1.165, 1.54) is 12.5 Å². The third-order valence-corrected chi connectivity index (χ3v) is 3.31. The summed E-state index contributed by atoms with van der Waals surface area (Å²) in [6.07, 6.45) is 3.25. The highest BCUT2D eigenvalue weighted by Crippen LogP contribution is 2.16. The molecular weight excluding hydrogens is 284 g/mol. The van der Waals surface area contributed by atoms with Gasteiger partial charge in [0, 0.05) is 18.5 Å². The molecule has 0 aliphatic heterocycles. The molecular formula is C15H14N4O3. The van der Waals surface area contributed by atoms with Crippen molar-refractivity contribution in [3.8, 4) is 0 Å². The number of carbonyl (C=O) groups excluding carboxylic acids is 1. The second-order valence-corrected chi connectivity index (χ2v) is 4.79. The molecule has 7 heteroatoms. The van der Waals surface area contributed by atoms with Gasteiger partial charge in [-0.25, -0.2) is 4.98 Å². The summed E-state index contributed by atoms with van der Waals surface area (Å²) in [5, 5.41) is 11.9. The lowest BCUT2D eigenvalue weighted by atomic mass is 10.1. The van der Waals surface area contributed by atoms with Crippen LogP contribution >= 0.6 is 0 Å². The second-order valence-electron chi connectivity index (χ2n) is 4.79. The molecule has 0 unspecified atom stereocenters. The summed E-state index contributed by atoms with van der Waals surface area (Å²) >= 11 is 0. The number of fused-ring (bicyclic) bond motifs is 1. The zero-order chi connectivity index (χ0) is 15.5. The summed E-state index contributed by atoms with van der Waals surface area (Å²) in [7, 11) is 0. The minimum absolute atomic E-state index is 0.0426. The summed E-state index contributed by atoms with van der Waals surface area (Å²) in [4.78, 5) is 33.4. The molecule has 0 fully saturated rings. The van der Waals surface area contributed by atoms with E-state index in [4.69, 9.17) is 5.11 Å². The van der Waals surface area contributed by atoms with Crippen LogP contribution < -0.4 is 10.9 Å². The van der Waals surface area contributed by atoms with E-state index in [0.29, 0.717) is 17.8 Å². The van der Waals surface area contributed by atoms with Crippen molar-refractivity contribution in [3.63, 3.8) is 0 Å². The minimum atomic E-state index is -0.397. The number of hydrogen-bond donors (Lipinski definition) is 4. The molecule has 1 aromatic carbocycles. The molecule has 0 bridgehead atoms. The predicted octanol–water partition coefficient (Wildman–Crippen LogP) is 1.04. The van der Waals surface area contributed by atoms with Gasteiger partial charge in [0.2, 0.25) is 0 Å². The molecule has 0 aliphatic carbocycles. The van der Waals surface area contributed by atoms with E-state index in [1.54, 1.807) is 18.2 Å². The fraction of sp³-hybridized carbons (Fsp3) is 0.133. The van der Waals surface area contributed by atoms with Gasteiger partial charge in [-0.1, -0.05) is 12.1 Å². The number of nitrogens with zero attached hydrogens (tertiary/aromatic N) is 1. The smallest absolute Gasteiger partial charge is 0.261 e. The Bertz CT molecular complexity index is 882. The largest absolute Gasteiger partial charge is 0.396 e. The number of benzene rings is 1. The van der Waals surface area contributed by atoms with E-state index >= 15 is 0 Å². The number of carbonyl (C=O) groups is 1. The number of aliphatic hydroxyl groups is 1. The highest BCUT2D eigenvalue weighted by molar-refractivity contribution is 6.12. The Morgan fingerprint density at radius 2 is 2.18 bits per heavy atom. The van der Waals surface area contributed by atoms with Gasteiger partial charge in [0.15, 0.2) is 0 Å². The van der Waals surface area contributed by atoms with Gasteiger partial charge in [0.1, 0.15) is 5.65 Å². The van der Waals surface area contributed by atoms with Crippen LogP contribution in [0.25, 0.3) is 11.0 Å². The molecule has 0 radical (unpaired) electrons. The highest BCUT2D eigenvalue weighted by atomic mass is 16.3. The number of anilines is 1. The lowest BCUT2D eigenvalue weighted by molar-refractivity contribution is 0.102. The number of nitrogens with one attached hydrogen (secondary N) is 3. The number of H-pyrrole nitrogens is 2. The van der Waals surface area contributed by atoms with Crippen LogP contribution in [0.3, 0.4) is 0 Å². The van der Waals surface area contributed by atoms with Crippen LogP contribution in [-0.2, 0) is 6.42 Å². The third kappa shape index (κ3) is 2.61. The number of aliphatic hydroxyl groups excluding tert-OH is 1. The van der Waals surface area contributed by atoms with Crippen molar-refractivity contribution in [1.29, 1.82) is 0 Å². The van der Waals surface area contributed by atoms with E-state index in [0.717, 1.165) is 5.56 Å². The Hall–Kier alpha value is -2.93. The number of amides is 1. The van der Waals surface area contributed by atoms with Crippen LogP contribution in [0.4, 0.5) is 5.69 Å². The molecule has 7 nitrogen and oxygen atoms in total. The summed E-state index contributed by atoms with van der Waals surface area (Å²) in [5.41, 5.74) is 1.75. The Morgan fingerprint density at radius 3 is 3.00 bits per heavy atom. The predicted molar refractivity (Wildman–Crippen MR) is 81.9 cm³/mol. The van der Waals surface area contributed by atoms with Crippen molar-refractivity contribution in [2.24, 2.45) is 0 Å². The van der Waals surface area contributed by atoms with Gasteiger partial charge >= 0.3 is 0 Å². The van der Waals surface area contributed by atoms with E-state index in [9.17, 15) is 9.59 Å². The zero-order valence-electron chi connectivity index (χ0n) is 11.6. The maximum absolute atomic E-state index is 12.3. The average Bonchev–Trinajstić information content (AvgIpc) is 2.93. The molecule has 4 N–H and O–H groups in total. The molecule has 2 aromatic heterocycles. The molecule has 3 aromatic rings. The first kappa shape index (κ1) is 14.0. The Morgan fingerprint density at radius 1 is 1.32 bits per heavy atom. The summed E-state index contributed by atoms with van der Waals surface area (Å²) < 4.78 is 0. The topological polar surface area (TPSA) is 111 Å². The summed E-state index contributed by atoms with van der Waals surface area (Å²) in [6, 6.07) is 7.19. The first-order chi connectivity index (χ1) is 10.7. The third-order valence-electron chi connectivity index (χ3n) is 3.31. The average molecular weight is 298 g/mol. The highest BCUT2D eigenvalue weighted by Gasteiger charge is 2.15. The fourth-order valence-corrected chi connectivity index (χ4v) is 2.28. The first-order valence-corrected chi connectivity index (χ1v) is 6.75. The van der Waals surface area contributed by atoms with Gasteiger partial charge in [-0.05, 0) is 24.1 Å². The Kier molecular flexibility index (Phi) is 3.71. The van der Waals surface area contributed by atoms with Crippen molar-refractivity contribution >= 4 is 22.6 Å². The van der Waals surface area contributed by atoms with Crippen molar-refractivity contribution in [1.82, 2.24) is 15.0 Å². The van der Waals surface area contributed by atoms with Crippen molar-refractivity contribution in [2.75, 3.05) is 11.9 Å². The molecule has 0 saturated carbocycles. The van der Waals surface area contributed by atoms with Gasteiger partial charge in [-0.2, -0.15) is 0 Å². The second kappa shape index (κ2) is 5.82. The molecule has 0 aliphatic rings. The standard InChI is InChI=1S/C15H14N4O3/c20-5-4-9-2-1-3-10(6-9)19-14(21)11-7-16-13-12(11)15(22)18-8-17-13/h1-3,6-8,20H,4-5H2,(H,19,21)(H2,16,17,18,22). The Balaban J connectivity index is 1.91. The SMILES string of the molecule is O=C(Nc1cccc(CCO)c1)c1c[nH]c2nc[nH]c(=O)c12. The molecule has 112 valence electrons. The number of hydrogen-bond acceptors (Lipinski definition) is 4. The van der Waals surface area contributed by atoms with Crippen molar-refractivity contribution < 1.29 is 9.90 Å². The zero-order valence-corrected chi connectivity index (χ0v) is 11.6. The van der Waals surface area contributed by atoms with Gasteiger partial charge in [0.05, 0.1) is 17.3 Å². The number of aromatic amines is 2. The van der Waals surface area contributed by atoms with Gasteiger partial charge in [0.25, 0.3) is 11.5 Å². The van der Waals surface area contributed by atoms with Crippen LogP contribution in [0, 0.1) is 0 Å². The monoisotopic (exact) mass is 298 g/mol. The maximum Gasteiger partial charge on any atom is 0.261 e. The summed E-state index contributed by atoms with van der Waals surface area (Å²) in [5.74, 6) is -0.397. The quantitative estimate of drug-likeness (QED) is 0.576. The Labute approximate surface area is 125 Å². The van der Waals surface area contributed by atoms with Crippen LogP contribution in [0.15, 0.2) is 41.6 Å². The fourth-order valence-electron chi connectivity index (χ4n) is 2.28. The maximum atomic E-state index is 12.3. The van der Waals surface area contributed by atoms with Crippen LogP contribution in [-0.4, -0.2) is 32.6 Å². The van der Waals surface area contributed by atoms with Crippen molar-refractivity contribution in [3.05, 3.63) is 58.3 Å². The molecule has 0 atom stereocenters. The molecule has 22 heavy (non-hydrogen) atoms. The van der Waals surface area contributed by atoms with Crippen molar-refractivity contribution in [2.45, 2.75) is 6.42 Å². The van der Waals surface area contributed by atoms with Gasteiger partial charge < -0.3 is 20.4 Å². The van der Waals surface area contributed by atoms with Crippen LogP contribution in [0.2, 0.25) is 0 Å². The number of aromatic nitrogens is 3. The van der Waals surface area contributed by atoms with E-state index < -0.39 is 5.91 Å². The van der Waals surface area contributed by atoms with E-state index in [-0.39, 0.29) is 23.1 Å². The minimum Gasteiger partial charge on any atom is -0.396 e. The van der Waals surface area contributed by atoms with Gasteiger partial charge in [-0.15, -0.1) is 0 Å². The van der Waals surface area contributed by atoms with Crippen LogP contribution in [0.5, 0.6) is 0 Å². The molecule has 2 heterocycles. The lowest BCUT2D eigenvalue weighted by Gasteiger charge is -2.06. The van der Waals surface area contributed by atoms with Crippen LogP contribution in [0.1, 0.15) is 15.9 Å². The number of rotatable bonds is 4. The summed E-state index contributed by atoms with van der Waals surface area (Å²) in [6.45, 7) is 0.0426. The first-order valence-electron chi connectivity index (χ1n) is 6.75. The van der Waals surface area contributed by atoms with E-state index in [2.05, 4.69) is 20.3 Å². The molecule has 0 spiro atoms. The molecule has 3 rings (SSSR count). The van der Waals surface area contributed by atoms with E-state index in [1.807, 2.05) is 6.07 Å². The normalized spacial score (nSPS) is 10.8. The molecule has 0 saturated heterocycles. The lowest BCUT2D eigenvalue weighted by Crippen LogP contribution is -2.15. The van der Waals surface area contributed by atoms with Gasteiger partial charge in [-0.3, -0.25) is 9.59 Å².